The van der Waals surface area contributed by atoms with Gasteiger partial charge in [-0.25, -0.2) is 9.97 Å². The van der Waals surface area contributed by atoms with E-state index in [9.17, 15) is 0 Å². The molecule has 2 aliphatic heterocycles. The number of fused-ring (bicyclic) bond motifs is 8. The summed E-state index contributed by atoms with van der Waals surface area (Å²) in [4.78, 5) is 18.7. The standard InChI is InChI=1S/C44H38N4/c1-5-13-29(14-6-1)41-33-21-23-35(45-33)42(30-15-7-2-8-16-30)37-25-27-39(47-37)44(32-19-11-4-12-20-32)40-28-26-38(48-40)43(31-17-9-3-10-18-31)36-24-22-34(41)46-36/h1-13,15,17,19,21-32,45,48H,14,16,18,20H2. The van der Waals surface area contributed by atoms with Gasteiger partial charge >= 0.3 is 0 Å². The van der Waals surface area contributed by atoms with Crippen LogP contribution in [0.25, 0.3) is 46.4 Å². The Hall–Kier alpha value is -5.48. The molecule has 4 unspecified atom stereocenters. The Morgan fingerprint density at radius 2 is 0.646 bits per heavy atom. The SMILES string of the molecule is C1=CCC(c2c3nc(c(C4C=CC=CC4)c4ccc([nH]4)c(C4C=CC=CC4)c4nc(c(C5C=CC=CC5)c5ccc2[nH]5)C=C4)C=C3)C=C1. The van der Waals surface area contributed by atoms with E-state index >= 15 is 0 Å². The van der Waals surface area contributed by atoms with Crippen molar-refractivity contribution in [3.63, 3.8) is 0 Å². The van der Waals surface area contributed by atoms with Crippen molar-refractivity contribution in [3.05, 3.63) is 167 Å². The first-order valence-electron chi connectivity index (χ1n) is 17.3. The minimum absolute atomic E-state index is 0.223. The van der Waals surface area contributed by atoms with Gasteiger partial charge in [0.15, 0.2) is 0 Å². The molecule has 5 heterocycles. The van der Waals surface area contributed by atoms with Gasteiger partial charge in [0.25, 0.3) is 0 Å². The van der Waals surface area contributed by atoms with E-state index in [1.165, 1.54) is 22.3 Å². The molecular formula is C44H38N4. The van der Waals surface area contributed by atoms with Crippen molar-refractivity contribution in [2.45, 2.75) is 49.4 Å². The predicted octanol–water partition coefficient (Wildman–Crippen LogP) is 11.1. The van der Waals surface area contributed by atoms with E-state index in [0.717, 1.165) is 70.5 Å². The van der Waals surface area contributed by atoms with Gasteiger partial charge < -0.3 is 9.97 Å². The number of nitrogens with one attached hydrogen (secondary N) is 2. The Morgan fingerprint density at radius 3 is 0.875 bits per heavy atom. The zero-order chi connectivity index (χ0) is 31.9. The molecule has 2 N–H and O–H groups in total. The van der Waals surface area contributed by atoms with Crippen molar-refractivity contribution >= 4 is 46.4 Å². The van der Waals surface area contributed by atoms with Gasteiger partial charge in [0.05, 0.1) is 22.8 Å². The number of rotatable bonds is 4. The quantitative estimate of drug-likeness (QED) is 0.209. The van der Waals surface area contributed by atoms with Gasteiger partial charge in [0.1, 0.15) is 0 Å². The summed E-state index contributed by atoms with van der Waals surface area (Å²) in [6.45, 7) is 0. The van der Waals surface area contributed by atoms with Gasteiger partial charge in [-0.1, -0.05) is 97.2 Å². The third kappa shape index (κ3) is 5.18. The molecule has 0 radical (unpaired) electrons. The van der Waals surface area contributed by atoms with Crippen LogP contribution in [0.5, 0.6) is 0 Å². The zero-order valence-corrected chi connectivity index (χ0v) is 26.9. The third-order valence-corrected chi connectivity index (χ3v) is 10.3. The minimum Gasteiger partial charge on any atom is -0.355 e. The lowest BCUT2D eigenvalue weighted by molar-refractivity contribution is 0.840. The van der Waals surface area contributed by atoms with Crippen molar-refractivity contribution in [2.75, 3.05) is 0 Å². The fourth-order valence-electron chi connectivity index (χ4n) is 8.03. The maximum Gasteiger partial charge on any atom is 0.0696 e. The number of aromatic amines is 2. The molecule has 0 saturated heterocycles. The largest absolute Gasteiger partial charge is 0.355 e. The smallest absolute Gasteiger partial charge is 0.0696 e. The summed E-state index contributed by atoms with van der Waals surface area (Å²) in [6, 6.07) is 9.01. The van der Waals surface area contributed by atoms with E-state index in [1.54, 1.807) is 0 Å². The van der Waals surface area contributed by atoms with Crippen LogP contribution in [-0.4, -0.2) is 19.9 Å². The Balaban J connectivity index is 1.41. The Morgan fingerprint density at radius 1 is 0.375 bits per heavy atom. The van der Waals surface area contributed by atoms with E-state index in [4.69, 9.17) is 9.97 Å². The average Bonchev–Trinajstić information content (AvgIpc) is 3.98. The number of allylic oxidation sites excluding steroid dienone is 16. The highest BCUT2D eigenvalue weighted by molar-refractivity contribution is 5.85. The summed E-state index contributed by atoms with van der Waals surface area (Å²) >= 11 is 0. The van der Waals surface area contributed by atoms with Crippen LogP contribution < -0.4 is 0 Å². The van der Waals surface area contributed by atoms with Gasteiger partial charge in [-0.2, -0.15) is 0 Å². The molecule has 0 spiro atoms. The van der Waals surface area contributed by atoms with Gasteiger partial charge in [-0.15, -0.1) is 0 Å². The summed E-state index contributed by atoms with van der Waals surface area (Å²) in [6.07, 6.45) is 48.2. The van der Waals surface area contributed by atoms with Crippen LogP contribution in [0, 0.1) is 0 Å². The molecule has 0 amide bonds. The van der Waals surface area contributed by atoms with Crippen molar-refractivity contribution < 1.29 is 0 Å². The highest BCUT2D eigenvalue weighted by atomic mass is 14.8. The molecule has 8 bridgehead atoms. The zero-order valence-electron chi connectivity index (χ0n) is 26.9. The normalized spacial score (nSPS) is 23.5. The number of hydrogen-bond acceptors (Lipinski definition) is 2. The lowest BCUT2D eigenvalue weighted by Crippen LogP contribution is -2.03. The second-order valence-corrected chi connectivity index (χ2v) is 13.3. The van der Waals surface area contributed by atoms with Crippen LogP contribution in [0.4, 0.5) is 0 Å². The van der Waals surface area contributed by atoms with E-state index in [2.05, 4.69) is 156 Å². The van der Waals surface area contributed by atoms with Crippen molar-refractivity contribution in [3.8, 4) is 0 Å². The molecule has 234 valence electrons. The van der Waals surface area contributed by atoms with Crippen LogP contribution in [0.1, 0.15) is 94.4 Å². The van der Waals surface area contributed by atoms with Crippen LogP contribution in [-0.2, 0) is 0 Å². The molecule has 4 heteroatoms. The number of hydrogen-bond donors (Lipinski definition) is 2. The van der Waals surface area contributed by atoms with E-state index in [0.29, 0.717) is 0 Å². The topological polar surface area (TPSA) is 57.4 Å². The maximum absolute atomic E-state index is 5.45. The van der Waals surface area contributed by atoms with E-state index in [1.807, 2.05) is 0 Å². The first kappa shape index (κ1) is 28.7. The third-order valence-electron chi connectivity index (χ3n) is 10.3. The summed E-state index contributed by atoms with van der Waals surface area (Å²) in [5, 5.41) is 0. The van der Waals surface area contributed by atoms with Crippen LogP contribution >= 0.6 is 0 Å². The van der Waals surface area contributed by atoms with Gasteiger partial charge in [-0.3, -0.25) is 0 Å². The molecule has 3 aromatic heterocycles. The lowest BCUT2D eigenvalue weighted by atomic mass is 9.91. The molecule has 0 fully saturated rings. The lowest BCUT2D eigenvalue weighted by Gasteiger charge is -2.17. The number of aromatic nitrogens is 4. The molecule has 0 aromatic carbocycles. The minimum atomic E-state index is 0.223. The van der Waals surface area contributed by atoms with Crippen LogP contribution in [0.15, 0.2) is 121 Å². The van der Waals surface area contributed by atoms with Crippen LogP contribution in [0.2, 0.25) is 0 Å². The first-order valence-corrected chi connectivity index (χ1v) is 17.3. The molecule has 4 atom stereocenters. The predicted molar refractivity (Wildman–Crippen MR) is 201 cm³/mol. The Bertz CT molecular complexity index is 1960. The molecular weight excluding hydrogens is 585 g/mol. The number of nitrogens with zero attached hydrogens (tertiary/aromatic N) is 2. The summed E-state index contributed by atoms with van der Waals surface area (Å²) in [5.41, 5.74) is 13.5. The molecule has 9 rings (SSSR count). The molecule has 48 heavy (non-hydrogen) atoms. The highest BCUT2D eigenvalue weighted by Crippen LogP contribution is 2.39. The van der Waals surface area contributed by atoms with Crippen LogP contribution in [0.3, 0.4) is 0 Å². The summed E-state index contributed by atoms with van der Waals surface area (Å²) < 4.78 is 0. The number of H-pyrrole nitrogens is 2. The molecule has 4 aliphatic carbocycles. The van der Waals surface area contributed by atoms with Crippen molar-refractivity contribution in [1.82, 2.24) is 19.9 Å². The molecule has 6 aliphatic rings. The maximum atomic E-state index is 5.45. The van der Waals surface area contributed by atoms with E-state index < -0.39 is 0 Å². The van der Waals surface area contributed by atoms with Gasteiger partial charge in [0, 0.05) is 68.0 Å². The van der Waals surface area contributed by atoms with Gasteiger partial charge in [0.2, 0.25) is 0 Å². The van der Waals surface area contributed by atoms with Crippen molar-refractivity contribution in [2.24, 2.45) is 0 Å². The first-order chi connectivity index (χ1) is 23.8. The van der Waals surface area contributed by atoms with E-state index in [-0.39, 0.29) is 23.7 Å². The average molecular weight is 623 g/mol. The molecule has 4 nitrogen and oxygen atoms in total. The summed E-state index contributed by atoms with van der Waals surface area (Å²) in [5.74, 6) is 0.891. The summed E-state index contributed by atoms with van der Waals surface area (Å²) in [7, 11) is 0. The Labute approximate surface area is 281 Å². The second kappa shape index (κ2) is 12.3. The second-order valence-electron chi connectivity index (χ2n) is 13.3. The highest BCUT2D eigenvalue weighted by Gasteiger charge is 2.24. The monoisotopic (exact) mass is 622 g/mol. The van der Waals surface area contributed by atoms with Crippen molar-refractivity contribution in [1.29, 1.82) is 0 Å². The molecule has 0 saturated carbocycles. The fourth-order valence-corrected chi connectivity index (χ4v) is 8.03. The van der Waals surface area contributed by atoms with Gasteiger partial charge in [-0.05, 0) is 74.3 Å². The molecule has 3 aromatic rings. The Kier molecular flexibility index (Phi) is 7.34. The fraction of sp³-hybridized carbons (Fsp3) is 0.182.